The first-order valence-electron chi connectivity index (χ1n) is 3.08. The molecule has 0 radical (unpaired) electrons. The second-order valence-corrected chi connectivity index (χ2v) is 2.71. The van der Waals surface area contributed by atoms with Crippen molar-refractivity contribution in [1.82, 2.24) is 0 Å². The lowest BCUT2D eigenvalue weighted by Gasteiger charge is -2.12. The van der Waals surface area contributed by atoms with E-state index in [1.165, 1.54) is 0 Å². The topological polar surface area (TPSA) is 47.6 Å². The molecule has 1 aliphatic rings. The van der Waals surface area contributed by atoms with Crippen LogP contribution in [0.1, 0.15) is 12.8 Å². The summed E-state index contributed by atoms with van der Waals surface area (Å²) in [5.41, 5.74) is 0.525. The number of hydrogen-bond acceptors (Lipinski definition) is 2. The molecule has 0 spiro atoms. The molecular weight excluding hydrogens is 148 g/mol. The van der Waals surface area contributed by atoms with E-state index in [0.717, 1.165) is 0 Å². The number of rotatable bonds is 0. The quantitative estimate of drug-likeness (QED) is 0.571. The van der Waals surface area contributed by atoms with Gasteiger partial charge in [0, 0.05) is 10.7 Å². The van der Waals surface area contributed by atoms with E-state index in [4.69, 9.17) is 22.3 Å². The van der Waals surface area contributed by atoms with Crippen molar-refractivity contribution in [1.29, 1.82) is 10.7 Å². The van der Waals surface area contributed by atoms with E-state index in [0.29, 0.717) is 23.6 Å². The van der Waals surface area contributed by atoms with Gasteiger partial charge >= 0.3 is 0 Å². The van der Waals surface area contributed by atoms with E-state index >= 15 is 0 Å². The normalized spacial score (nSPS) is 25.4. The van der Waals surface area contributed by atoms with Gasteiger partial charge in [-0.3, -0.25) is 0 Å². The molecule has 10 heavy (non-hydrogen) atoms. The van der Waals surface area contributed by atoms with Gasteiger partial charge in [0.25, 0.3) is 0 Å². The van der Waals surface area contributed by atoms with Crippen molar-refractivity contribution in [3.8, 4) is 6.07 Å². The summed E-state index contributed by atoms with van der Waals surface area (Å²) in [6.45, 7) is 0. The molecule has 0 bridgehead atoms. The Morgan fingerprint density at radius 3 is 3.00 bits per heavy atom. The lowest BCUT2D eigenvalue weighted by atomic mass is 9.96. The Morgan fingerprint density at radius 2 is 2.50 bits per heavy atom. The SMILES string of the molecule is N#CC1CCC(=N)C=C1Cl. The van der Waals surface area contributed by atoms with E-state index in [9.17, 15) is 0 Å². The van der Waals surface area contributed by atoms with Crippen molar-refractivity contribution in [3.63, 3.8) is 0 Å². The summed E-state index contributed by atoms with van der Waals surface area (Å²) in [6, 6.07) is 2.08. The van der Waals surface area contributed by atoms with Gasteiger partial charge in [0.1, 0.15) is 0 Å². The van der Waals surface area contributed by atoms with Gasteiger partial charge in [-0.1, -0.05) is 11.6 Å². The molecule has 1 N–H and O–H groups in total. The summed E-state index contributed by atoms with van der Waals surface area (Å²) < 4.78 is 0. The molecular formula is C7H7ClN2. The molecule has 1 unspecified atom stereocenters. The average molecular weight is 155 g/mol. The fourth-order valence-electron chi connectivity index (χ4n) is 0.903. The van der Waals surface area contributed by atoms with Gasteiger partial charge in [-0.2, -0.15) is 5.26 Å². The number of halogens is 1. The predicted octanol–water partition coefficient (Wildman–Crippen LogP) is 2.06. The molecule has 0 amide bonds. The highest BCUT2D eigenvalue weighted by atomic mass is 35.5. The third kappa shape index (κ3) is 1.37. The molecule has 2 nitrogen and oxygen atoms in total. The molecule has 1 aliphatic carbocycles. The maximum Gasteiger partial charge on any atom is 0.0824 e. The molecule has 0 aliphatic heterocycles. The lowest BCUT2D eigenvalue weighted by molar-refractivity contribution is 0.724. The molecule has 1 atom stereocenters. The van der Waals surface area contributed by atoms with Crippen LogP contribution in [0.2, 0.25) is 0 Å². The summed E-state index contributed by atoms with van der Waals surface area (Å²) in [5, 5.41) is 16.2. The molecule has 1 rings (SSSR count). The molecule has 0 saturated carbocycles. The van der Waals surface area contributed by atoms with Crippen molar-refractivity contribution >= 4 is 17.3 Å². The Balaban J connectivity index is 2.79. The molecule has 3 heteroatoms. The maximum absolute atomic E-state index is 8.50. The first kappa shape index (κ1) is 7.30. The first-order valence-corrected chi connectivity index (χ1v) is 3.46. The molecule has 0 aromatic rings. The molecule has 52 valence electrons. The van der Waals surface area contributed by atoms with Crippen LogP contribution in [0.4, 0.5) is 0 Å². The number of nitriles is 1. The van der Waals surface area contributed by atoms with Crippen LogP contribution < -0.4 is 0 Å². The van der Waals surface area contributed by atoms with Gasteiger partial charge in [0.15, 0.2) is 0 Å². The predicted molar refractivity (Wildman–Crippen MR) is 40.0 cm³/mol. The number of hydrogen-bond donors (Lipinski definition) is 1. The smallest absolute Gasteiger partial charge is 0.0824 e. The van der Waals surface area contributed by atoms with Gasteiger partial charge in [0.2, 0.25) is 0 Å². The highest BCUT2D eigenvalue weighted by Crippen LogP contribution is 2.24. The third-order valence-corrected chi connectivity index (χ3v) is 1.88. The van der Waals surface area contributed by atoms with Crippen molar-refractivity contribution < 1.29 is 0 Å². The van der Waals surface area contributed by atoms with Crippen LogP contribution in [0.25, 0.3) is 0 Å². The van der Waals surface area contributed by atoms with Gasteiger partial charge < -0.3 is 5.41 Å². The zero-order valence-electron chi connectivity index (χ0n) is 5.39. The highest BCUT2D eigenvalue weighted by molar-refractivity contribution is 6.32. The lowest BCUT2D eigenvalue weighted by Crippen LogP contribution is -2.08. The van der Waals surface area contributed by atoms with Crippen LogP contribution in [0.3, 0.4) is 0 Å². The second kappa shape index (κ2) is 2.85. The maximum atomic E-state index is 8.50. The first-order chi connectivity index (χ1) is 4.74. The molecule has 0 fully saturated rings. The molecule has 0 heterocycles. The van der Waals surface area contributed by atoms with Crippen molar-refractivity contribution in [2.24, 2.45) is 5.92 Å². The molecule has 0 aromatic heterocycles. The van der Waals surface area contributed by atoms with Crippen LogP contribution >= 0.6 is 11.6 Å². The van der Waals surface area contributed by atoms with E-state index in [1.54, 1.807) is 6.08 Å². The Kier molecular flexibility index (Phi) is 2.08. The number of allylic oxidation sites excluding steroid dienone is 2. The highest BCUT2D eigenvalue weighted by Gasteiger charge is 2.17. The monoisotopic (exact) mass is 154 g/mol. The largest absolute Gasteiger partial charge is 0.305 e. The van der Waals surface area contributed by atoms with Gasteiger partial charge in [0.05, 0.1) is 12.0 Å². The summed E-state index contributed by atoms with van der Waals surface area (Å²) in [4.78, 5) is 0. The molecule has 0 saturated heterocycles. The van der Waals surface area contributed by atoms with Crippen LogP contribution in [0, 0.1) is 22.7 Å². The van der Waals surface area contributed by atoms with Crippen LogP contribution in [-0.4, -0.2) is 5.71 Å². The minimum absolute atomic E-state index is 0.171. The molecule has 0 aromatic carbocycles. The fourth-order valence-corrected chi connectivity index (χ4v) is 1.19. The van der Waals surface area contributed by atoms with E-state index in [1.807, 2.05) is 0 Å². The minimum atomic E-state index is -0.171. The van der Waals surface area contributed by atoms with E-state index < -0.39 is 0 Å². The Bertz CT molecular complexity index is 224. The van der Waals surface area contributed by atoms with E-state index in [2.05, 4.69) is 6.07 Å². The Morgan fingerprint density at radius 1 is 1.80 bits per heavy atom. The summed E-state index contributed by atoms with van der Waals surface area (Å²) >= 11 is 5.68. The van der Waals surface area contributed by atoms with Crippen molar-refractivity contribution in [2.75, 3.05) is 0 Å². The third-order valence-electron chi connectivity index (χ3n) is 1.50. The number of nitrogens with one attached hydrogen (secondary N) is 1. The van der Waals surface area contributed by atoms with Gasteiger partial charge in [-0.15, -0.1) is 0 Å². The average Bonchev–Trinajstić information content (AvgIpc) is 1.88. The number of nitrogens with zero attached hydrogens (tertiary/aromatic N) is 1. The Labute approximate surface area is 64.6 Å². The second-order valence-electron chi connectivity index (χ2n) is 2.27. The van der Waals surface area contributed by atoms with Crippen LogP contribution in [-0.2, 0) is 0 Å². The summed E-state index contributed by atoms with van der Waals surface area (Å²) in [7, 11) is 0. The minimum Gasteiger partial charge on any atom is -0.305 e. The van der Waals surface area contributed by atoms with E-state index in [-0.39, 0.29) is 5.92 Å². The van der Waals surface area contributed by atoms with Gasteiger partial charge in [-0.25, -0.2) is 0 Å². The standard InChI is InChI=1S/C7H7ClN2/c8-7-3-6(10)2-1-5(7)4-9/h3,5,10H,1-2H2. The van der Waals surface area contributed by atoms with Crippen LogP contribution in [0.15, 0.2) is 11.1 Å². The summed E-state index contributed by atoms with van der Waals surface area (Å²) in [5.74, 6) is -0.171. The fraction of sp³-hybridized carbons (Fsp3) is 0.429. The zero-order valence-corrected chi connectivity index (χ0v) is 6.15. The van der Waals surface area contributed by atoms with Gasteiger partial charge in [-0.05, 0) is 18.9 Å². The van der Waals surface area contributed by atoms with Crippen molar-refractivity contribution in [3.05, 3.63) is 11.1 Å². The zero-order chi connectivity index (χ0) is 7.56. The Hall–Kier alpha value is -0.810. The van der Waals surface area contributed by atoms with Crippen molar-refractivity contribution in [2.45, 2.75) is 12.8 Å². The van der Waals surface area contributed by atoms with Crippen LogP contribution in [0.5, 0.6) is 0 Å². The summed E-state index contributed by atoms with van der Waals surface area (Å²) in [6.07, 6.45) is 2.94.